The van der Waals surface area contributed by atoms with Gasteiger partial charge < -0.3 is 9.80 Å². The van der Waals surface area contributed by atoms with Gasteiger partial charge in [0.1, 0.15) is 0 Å². The predicted octanol–water partition coefficient (Wildman–Crippen LogP) is 25.1. The smallest absolute Gasteiger partial charge is 0.0468 e. The summed E-state index contributed by atoms with van der Waals surface area (Å²) in [6.45, 7) is 4.79. The van der Waals surface area contributed by atoms with Crippen LogP contribution in [0, 0.1) is 0 Å². The van der Waals surface area contributed by atoms with Gasteiger partial charge in [0.2, 0.25) is 0 Å². The van der Waals surface area contributed by atoms with E-state index in [-0.39, 0.29) is 5.41 Å². The summed E-state index contributed by atoms with van der Waals surface area (Å²) < 4.78 is 2.62. The Morgan fingerprint density at radius 3 is 1.14 bits per heavy atom. The van der Waals surface area contributed by atoms with E-state index in [9.17, 15) is 0 Å². The van der Waals surface area contributed by atoms with Crippen LogP contribution in [-0.2, 0) is 5.41 Å². The number of hydrogen-bond donors (Lipinski definition) is 0. The van der Waals surface area contributed by atoms with Crippen LogP contribution in [0.5, 0.6) is 0 Å². The van der Waals surface area contributed by atoms with Crippen molar-refractivity contribution in [1.82, 2.24) is 0 Å². The molecule has 1 heterocycles. The van der Waals surface area contributed by atoms with Gasteiger partial charge in [-0.15, -0.1) is 11.3 Å². The maximum absolute atomic E-state index is 2.47. The average molecular weight is 1170 g/mol. The summed E-state index contributed by atoms with van der Waals surface area (Å²) in [5, 5.41) is 10.4. The standard InChI is InChI=1S/C87H60N2S/c1-87(2)81-50-48-72(56-80(81)86-82(87)51-49-78-75-27-10-9-25-73(75)74-26-11-12-29-77(74)85(78)86)89(71-24-15-21-64(53-71)58-19-7-4-8-20-58)69-46-39-63(40-47-69)62-37-44-68(45-38-62)88(67-42-35-61(36-43-67)60-33-31-59(32-34-60)57-17-5-3-6-18-57)70-23-16-22-65(54-70)66-41-52-84-79(55-66)76-28-13-14-30-83(76)90-84/h3-56H,1-2H3. The molecule has 15 aromatic carbocycles. The van der Waals surface area contributed by atoms with Crippen molar-refractivity contribution in [1.29, 1.82) is 0 Å². The third-order valence-electron chi connectivity index (χ3n) is 18.8. The maximum atomic E-state index is 2.47. The Morgan fingerprint density at radius 2 is 0.589 bits per heavy atom. The SMILES string of the molecule is CC1(C)c2ccc(N(c3ccc(-c4ccc(N(c5ccc(-c6ccc(-c7ccccc7)cc6)cc5)c5cccc(-c6ccc7sc8ccccc8c7c6)c5)cc4)cc3)c3cccc(-c4ccccc4)c3)cc2-c2c1ccc1c3ccccc3c3ccccc3c21. The molecule has 0 atom stereocenters. The minimum absolute atomic E-state index is 0.197. The quantitative estimate of drug-likeness (QED) is 0.119. The zero-order valence-corrected chi connectivity index (χ0v) is 50.8. The summed E-state index contributed by atoms with van der Waals surface area (Å²) in [4.78, 5) is 4.84. The zero-order chi connectivity index (χ0) is 59.9. The minimum atomic E-state index is -0.197. The highest BCUT2D eigenvalue weighted by atomic mass is 32.1. The minimum Gasteiger partial charge on any atom is -0.310 e. The van der Waals surface area contributed by atoms with E-state index in [0.29, 0.717) is 0 Å². The van der Waals surface area contributed by atoms with Gasteiger partial charge in [-0.1, -0.05) is 250 Å². The number of rotatable bonds is 11. The maximum Gasteiger partial charge on any atom is 0.0468 e. The molecule has 0 saturated carbocycles. The summed E-state index contributed by atoms with van der Waals surface area (Å²) >= 11 is 1.86. The highest BCUT2D eigenvalue weighted by Crippen LogP contribution is 2.55. The van der Waals surface area contributed by atoms with Gasteiger partial charge in [0.05, 0.1) is 0 Å². The lowest BCUT2D eigenvalue weighted by Crippen LogP contribution is -2.15. The van der Waals surface area contributed by atoms with E-state index in [1.807, 2.05) is 11.3 Å². The first kappa shape index (κ1) is 53.2. The van der Waals surface area contributed by atoms with Crippen molar-refractivity contribution >= 4 is 98.0 Å². The second-order valence-electron chi connectivity index (χ2n) is 24.4. The molecule has 0 amide bonds. The van der Waals surface area contributed by atoms with Gasteiger partial charge in [-0.3, -0.25) is 0 Å². The molecule has 90 heavy (non-hydrogen) atoms. The third-order valence-corrected chi connectivity index (χ3v) is 20.0. The lowest BCUT2D eigenvalue weighted by Gasteiger charge is -2.28. The van der Waals surface area contributed by atoms with Crippen LogP contribution < -0.4 is 9.80 Å². The summed E-state index contributed by atoms with van der Waals surface area (Å²) in [6.07, 6.45) is 0. The first-order valence-corrected chi connectivity index (χ1v) is 31.9. The molecule has 0 aliphatic heterocycles. The lowest BCUT2D eigenvalue weighted by atomic mass is 9.81. The van der Waals surface area contributed by atoms with Gasteiger partial charge in [-0.25, -0.2) is 0 Å². The Kier molecular flexibility index (Phi) is 12.8. The number of nitrogens with zero attached hydrogens (tertiary/aromatic N) is 2. The Hall–Kier alpha value is -11.1. The van der Waals surface area contributed by atoms with Crippen LogP contribution >= 0.6 is 11.3 Å². The third kappa shape index (κ3) is 9.08. The molecular formula is C87H60N2S. The Labute approximate surface area is 529 Å². The van der Waals surface area contributed by atoms with Crippen molar-refractivity contribution in [2.24, 2.45) is 0 Å². The number of anilines is 6. The molecule has 0 N–H and O–H groups in total. The van der Waals surface area contributed by atoms with E-state index in [0.717, 1.165) is 45.3 Å². The van der Waals surface area contributed by atoms with Gasteiger partial charge in [0, 0.05) is 59.7 Å². The van der Waals surface area contributed by atoms with Crippen LogP contribution in [0.4, 0.5) is 34.1 Å². The Morgan fingerprint density at radius 1 is 0.233 bits per heavy atom. The molecule has 1 aromatic heterocycles. The molecule has 1 aliphatic rings. The molecule has 3 heteroatoms. The number of fused-ring (bicyclic) bond motifs is 13. The molecule has 0 fully saturated rings. The zero-order valence-electron chi connectivity index (χ0n) is 50.0. The van der Waals surface area contributed by atoms with Crippen molar-refractivity contribution < 1.29 is 0 Å². The summed E-state index contributed by atoms with van der Waals surface area (Å²) in [6, 6.07) is 121. The van der Waals surface area contributed by atoms with Crippen LogP contribution in [0.25, 0.3) is 119 Å². The molecular weight excluding hydrogens is 1110 g/mol. The lowest BCUT2D eigenvalue weighted by molar-refractivity contribution is 0.661. The molecule has 2 nitrogen and oxygen atoms in total. The second-order valence-corrected chi connectivity index (χ2v) is 25.5. The molecule has 0 spiro atoms. The fourth-order valence-electron chi connectivity index (χ4n) is 14.3. The molecule has 0 saturated heterocycles. The van der Waals surface area contributed by atoms with E-state index in [1.165, 1.54) is 119 Å². The van der Waals surface area contributed by atoms with Crippen molar-refractivity contribution in [3.8, 4) is 66.8 Å². The summed E-state index contributed by atoms with van der Waals surface area (Å²) in [5.41, 5.74) is 23.5. The monoisotopic (exact) mass is 1160 g/mol. The first-order valence-electron chi connectivity index (χ1n) is 31.1. The summed E-state index contributed by atoms with van der Waals surface area (Å²) in [7, 11) is 0. The molecule has 16 aromatic rings. The topological polar surface area (TPSA) is 6.48 Å². The van der Waals surface area contributed by atoms with Crippen LogP contribution in [-0.4, -0.2) is 0 Å². The highest BCUT2D eigenvalue weighted by molar-refractivity contribution is 7.25. The Bertz CT molecular complexity index is 5380. The number of thiophene rings is 1. The van der Waals surface area contributed by atoms with Crippen LogP contribution in [0.2, 0.25) is 0 Å². The molecule has 424 valence electrons. The van der Waals surface area contributed by atoms with Gasteiger partial charge in [-0.05, 0) is 201 Å². The van der Waals surface area contributed by atoms with Gasteiger partial charge in [0.25, 0.3) is 0 Å². The number of hydrogen-bond acceptors (Lipinski definition) is 3. The van der Waals surface area contributed by atoms with E-state index in [2.05, 4.69) is 351 Å². The van der Waals surface area contributed by atoms with E-state index in [1.54, 1.807) is 0 Å². The Balaban J connectivity index is 0.747. The van der Waals surface area contributed by atoms with Gasteiger partial charge in [0.15, 0.2) is 0 Å². The van der Waals surface area contributed by atoms with Crippen LogP contribution in [0.15, 0.2) is 328 Å². The molecule has 0 radical (unpaired) electrons. The van der Waals surface area contributed by atoms with Gasteiger partial charge in [-0.2, -0.15) is 0 Å². The van der Waals surface area contributed by atoms with E-state index < -0.39 is 0 Å². The highest BCUT2D eigenvalue weighted by Gasteiger charge is 2.38. The van der Waals surface area contributed by atoms with Crippen LogP contribution in [0.1, 0.15) is 25.0 Å². The van der Waals surface area contributed by atoms with Gasteiger partial charge >= 0.3 is 0 Å². The molecule has 1 aliphatic carbocycles. The van der Waals surface area contributed by atoms with Crippen molar-refractivity contribution in [3.63, 3.8) is 0 Å². The average Bonchev–Trinajstić information content (AvgIpc) is 1.51. The fraction of sp³-hybridized carbons (Fsp3) is 0.0345. The molecule has 17 rings (SSSR count). The van der Waals surface area contributed by atoms with Crippen molar-refractivity contribution in [2.45, 2.75) is 19.3 Å². The van der Waals surface area contributed by atoms with E-state index in [4.69, 9.17) is 0 Å². The largest absolute Gasteiger partial charge is 0.310 e. The van der Waals surface area contributed by atoms with Crippen molar-refractivity contribution in [2.75, 3.05) is 9.80 Å². The second kappa shape index (κ2) is 21.6. The summed E-state index contributed by atoms with van der Waals surface area (Å²) in [5.74, 6) is 0. The fourth-order valence-corrected chi connectivity index (χ4v) is 15.4. The normalized spacial score (nSPS) is 12.4. The van der Waals surface area contributed by atoms with E-state index >= 15 is 0 Å². The number of benzene rings is 15. The first-order chi connectivity index (χ1) is 44.4. The predicted molar refractivity (Wildman–Crippen MR) is 386 cm³/mol. The van der Waals surface area contributed by atoms with Crippen LogP contribution in [0.3, 0.4) is 0 Å². The van der Waals surface area contributed by atoms with Crippen molar-refractivity contribution in [3.05, 3.63) is 339 Å². The molecule has 0 bridgehead atoms. The molecule has 0 unspecified atom stereocenters.